The summed E-state index contributed by atoms with van der Waals surface area (Å²) in [5.74, 6) is -0.722. The van der Waals surface area contributed by atoms with Crippen molar-refractivity contribution in [3.8, 4) is 11.1 Å². The van der Waals surface area contributed by atoms with E-state index in [2.05, 4.69) is 15.0 Å². The zero-order chi connectivity index (χ0) is 27.5. The van der Waals surface area contributed by atoms with Crippen LogP contribution in [-0.2, 0) is 21.0 Å². The number of sulfonamides is 1. The summed E-state index contributed by atoms with van der Waals surface area (Å²) in [5, 5.41) is 2.94. The van der Waals surface area contributed by atoms with Crippen LogP contribution in [0.15, 0.2) is 71.8 Å². The molecule has 1 aliphatic rings. The smallest absolute Gasteiger partial charge is 0.349 e. The van der Waals surface area contributed by atoms with Gasteiger partial charge in [-0.1, -0.05) is 24.3 Å². The summed E-state index contributed by atoms with van der Waals surface area (Å²) in [6.45, 7) is 1.82. The zero-order valence-electron chi connectivity index (χ0n) is 20.5. The van der Waals surface area contributed by atoms with E-state index in [1.807, 2.05) is 6.92 Å². The first kappa shape index (κ1) is 27.7. The third-order valence-electron chi connectivity index (χ3n) is 6.70. The highest BCUT2D eigenvalue weighted by Crippen LogP contribution is 2.31. The molecule has 0 radical (unpaired) electrons. The van der Waals surface area contributed by atoms with Crippen LogP contribution in [0.25, 0.3) is 11.1 Å². The first-order valence-corrected chi connectivity index (χ1v) is 13.6. The average molecular weight is 550 g/mol. The molecule has 1 heterocycles. The Balaban J connectivity index is 1.32. The summed E-state index contributed by atoms with van der Waals surface area (Å²) >= 11 is 0. The number of halogens is 4. The predicted octanol–water partition coefficient (Wildman–Crippen LogP) is 5.62. The maximum Gasteiger partial charge on any atom is 0.433 e. The highest BCUT2D eigenvalue weighted by atomic mass is 32.2. The fourth-order valence-corrected chi connectivity index (χ4v) is 5.82. The summed E-state index contributed by atoms with van der Waals surface area (Å²) in [5.41, 5.74) is 0.465. The maximum atomic E-state index is 13.1. The number of benzene rings is 2. The SMILES string of the molecule is C[C@@H](NC(=O)C1CCC(NS(=O)(=O)c2ccc(-c3ccnc(C(F)(F)F)c3)cc2)CC1)c1ccc(F)cc1. The van der Waals surface area contributed by atoms with Crippen LogP contribution >= 0.6 is 0 Å². The van der Waals surface area contributed by atoms with E-state index in [0.29, 0.717) is 31.2 Å². The minimum Gasteiger partial charge on any atom is -0.349 e. The van der Waals surface area contributed by atoms with Crippen molar-refractivity contribution >= 4 is 15.9 Å². The van der Waals surface area contributed by atoms with Crippen molar-refractivity contribution < 1.29 is 30.8 Å². The lowest BCUT2D eigenvalue weighted by molar-refractivity contribution is -0.141. The van der Waals surface area contributed by atoms with E-state index >= 15 is 0 Å². The molecule has 11 heteroatoms. The van der Waals surface area contributed by atoms with Crippen molar-refractivity contribution in [1.29, 1.82) is 0 Å². The zero-order valence-corrected chi connectivity index (χ0v) is 21.3. The highest BCUT2D eigenvalue weighted by molar-refractivity contribution is 7.89. The molecule has 0 unspecified atom stereocenters. The molecule has 1 amide bonds. The summed E-state index contributed by atoms with van der Waals surface area (Å²) in [7, 11) is -3.86. The number of carbonyl (C=O) groups is 1. The molecule has 1 atom stereocenters. The second kappa shape index (κ2) is 11.2. The molecule has 1 fully saturated rings. The Morgan fingerprint density at radius 1 is 0.947 bits per heavy atom. The van der Waals surface area contributed by atoms with Gasteiger partial charge in [0, 0.05) is 18.2 Å². The molecule has 4 rings (SSSR count). The summed E-state index contributed by atoms with van der Waals surface area (Å²) in [6.07, 6.45) is -1.53. The van der Waals surface area contributed by atoms with E-state index in [9.17, 15) is 30.8 Å². The van der Waals surface area contributed by atoms with Crippen molar-refractivity contribution in [3.63, 3.8) is 0 Å². The van der Waals surface area contributed by atoms with Crippen molar-refractivity contribution in [1.82, 2.24) is 15.0 Å². The van der Waals surface area contributed by atoms with E-state index in [1.165, 1.54) is 42.5 Å². The van der Waals surface area contributed by atoms with Gasteiger partial charge in [-0.3, -0.25) is 9.78 Å². The highest BCUT2D eigenvalue weighted by Gasteiger charge is 2.33. The first-order valence-electron chi connectivity index (χ1n) is 12.1. The number of carbonyl (C=O) groups excluding carboxylic acids is 1. The third-order valence-corrected chi connectivity index (χ3v) is 8.23. The molecule has 38 heavy (non-hydrogen) atoms. The number of hydrogen-bond acceptors (Lipinski definition) is 4. The monoisotopic (exact) mass is 549 g/mol. The van der Waals surface area contributed by atoms with Gasteiger partial charge in [0.1, 0.15) is 11.5 Å². The molecular formula is C27H27F4N3O3S. The van der Waals surface area contributed by atoms with Crippen molar-refractivity contribution in [2.45, 2.75) is 55.8 Å². The number of aromatic nitrogens is 1. The van der Waals surface area contributed by atoms with E-state index < -0.39 is 21.9 Å². The number of hydrogen-bond donors (Lipinski definition) is 2. The number of nitrogens with one attached hydrogen (secondary N) is 2. The van der Waals surface area contributed by atoms with Gasteiger partial charge < -0.3 is 5.32 Å². The Bertz CT molecular complexity index is 1370. The van der Waals surface area contributed by atoms with E-state index in [-0.39, 0.29) is 40.2 Å². The minimum atomic E-state index is -4.58. The van der Waals surface area contributed by atoms with Gasteiger partial charge in [-0.15, -0.1) is 0 Å². The molecule has 0 aliphatic heterocycles. The van der Waals surface area contributed by atoms with E-state index in [1.54, 1.807) is 12.1 Å². The van der Waals surface area contributed by atoms with Crippen molar-refractivity contribution in [2.75, 3.05) is 0 Å². The van der Waals surface area contributed by atoms with Crippen LogP contribution in [0.3, 0.4) is 0 Å². The molecule has 0 bridgehead atoms. The number of pyridine rings is 1. The van der Waals surface area contributed by atoms with Crippen LogP contribution in [-0.4, -0.2) is 25.4 Å². The van der Waals surface area contributed by atoms with Crippen molar-refractivity contribution in [2.24, 2.45) is 5.92 Å². The van der Waals surface area contributed by atoms with Gasteiger partial charge in [-0.05, 0) is 85.7 Å². The van der Waals surface area contributed by atoms with Gasteiger partial charge in [0.05, 0.1) is 10.9 Å². The number of nitrogens with zero attached hydrogens (tertiary/aromatic N) is 1. The maximum absolute atomic E-state index is 13.1. The predicted molar refractivity (Wildman–Crippen MR) is 134 cm³/mol. The van der Waals surface area contributed by atoms with Crippen LogP contribution in [0, 0.1) is 11.7 Å². The fourth-order valence-electron chi connectivity index (χ4n) is 4.52. The summed E-state index contributed by atoms with van der Waals surface area (Å²) < 4.78 is 80.5. The van der Waals surface area contributed by atoms with Crippen LogP contribution < -0.4 is 10.0 Å². The Morgan fingerprint density at radius 2 is 1.58 bits per heavy atom. The molecule has 3 aromatic rings. The van der Waals surface area contributed by atoms with Crippen LogP contribution in [0.1, 0.15) is 49.9 Å². The molecule has 0 spiro atoms. The largest absolute Gasteiger partial charge is 0.433 e. The summed E-state index contributed by atoms with van der Waals surface area (Å²) in [4.78, 5) is 16.0. The fraction of sp³-hybridized carbons (Fsp3) is 0.333. The third kappa shape index (κ3) is 6.76. The van der Waals surface area contributed by atoms with Crippen LogP contribution in [0.4, 0.5) is 17.6 Å². The number of alkyl halides is 3. The summed E-state index contributed by atoms with van der Waals surface area (Å²) in [6, 6.07) is 13.2. The van der Waals surface area contributed by atoms with Gasteiger partial charge in [0.15, 0.2) is 0 Å². The number of rotatable bonds is 7. The van der Waals surface area contributed by atoms with Crippen LogP contribution in [0.5, 0.6) is 0 Å². The minimum absolute atomic E-state index is 0.000611. The molecule has 202 valence electrons. The topological polar surface area (TPSA) is 88.2 Å². The Labute approximate surface area is 218 Å². The molecule has 2 aromatic carbocycles. The average Bonchev–Trinajstić information content (AvgIpc) is 2.89. The van der Waals surface area contributed by atoms with Gasteiger partial charge >= 0.3 is 6.18 Å². The van der Waals surface area contributed by atoms with Gasteiger partial charge in [-0.2, -0.15) is 13.2 Å². The molecule has 0 saturated heterocycles. The van der Waals surface area contributed by atoms with Crippen LogP contribution in [0.2, 0.25) is 0 Å². The quantitative estimate of drug-likeness (QED) is 0.375. The van der Waals surface area contributed by atoms with Gasteiger partial charge in [0.25, 0.3) is 0 Å². The Kier molecular flexibility index (Phi) is 8.17. The lowest BCUT2D eigenvalue weighted by atomic mass is 9.85. The van der Waals surface area contributed by atoms with E-state index in [4.69, 9.17) is 0 Å². The molecule has 1 saturated carbocycles. The molecule has 1 aliphatic carbocycles. The standard InChI is InChI=1S/C27H27F4N3O3S/c1-17(18-2-8-22(28)9-3-18)33-26(35)20-4-10-23(11-5-20)34-38(36,37)24-12-6-19(7-13-24)21-14-15-32-25(16-21)27(29,30)31/h2-3,6-9,12-17,20,23,34H,4-5,10-11H2,1H3,(H,33,35)/t17-,20?,23?/m1/s1. The van der Waals surface area contributed by atoms with Gasteiger partial charge in [-0.25, -0.2) is 17.5 Å². The second-order valence-electron chi connectivity index (χ2n) is 9.40. The normalized spacial score (nSPS) is 19.1. The Hall–Kier alpha value is -3.31. The molecular weight excluding hydrogens is 522 g/mol. The number of amides is 1. The Morgan fingerprint density at radius 3 is 2.18 bits per heavy atom. The van der Waals surface area contributed by atoms with Gasteiger partial charge in [0.2, 0.25) is 15.9 Å². The first-order chi connectivity index (χ1) is 17.9. The molecule has 1 aromatic heterocycles. The molecule has 2 N–H and O–H groups in total. The van der Waals surface area contributed by atoms with Crippen molar-refractivity contribution in [3.05, 3.63) is 83.9 Å². The lowest BCUT2D eigenvalue weighted by Crippen LogP contribution is -2.41. The molecule has 6 nitrogen and oxygen atoms in total. The lowest BCUT2D eigenvalue weighted by Gasteiger charge is -2.29. The van der Waals surface area contributed by atoms with E-state index in [0.717, 1.165) is 17.8 Å². The second-order valence-corrected chi connectivity index (χ2v) is 11.1.